The molecule has 1 aromatic rings. The highest BCUT2D eigenvalue weighted by Gasteiger charge is 2.52. The molecule has 0 unspecified atom stereocenters. The van der Waals surface area contributed by atoms with Crippen molar-refractivity contribution in [3.05, 3.63) is 22.4 Å². The van der Waals surface area contributed by atoms with Gasteiger partial charge in [-0.25, -0.2) is 0 Å². The molecule has 166 valence electrons. The summed E-state index contributed by atoms with van der Waals surface area (Å²) in [6, 6.07) is 1.72. The monoisotopic (exact) mass is 444 g/mol. The highest BCUT2D eigenvalue weighted by atomic mass is 32.1. The van der Waals surface area contributed by atoms with Gasteiger partial charge in [-0.3, -0.25) is 19.2 Å². The van der Waals surface area contributed by atoms with Gasteiger partial charge in [-0.1, -0.05) is 25.3 Å². The van der Waals surface area contributed by atoms with E-state index in [1.165, 1.54) is 17.8 Å². The van der Waals surface area contributed by atoms with E-state index in [0.29, 0.717) is 30.8 Å². The summed E-state index contributed by atoms with van der Waals surface area (Å²) in [6.07, 6.45) is 6.16. The number of nitrogens with zero attached hydrogens (tertiary/aromatic N) is 2. The van der Waals surface area contributed by atoms with Crippen molar-refractivity contribution < 1.29 is 19.2 Å². The van der Waals surface area contributed by atoms with Gasteiger partial charge in [0, 0.05) is 25.0 Å². The SMILES string of the molecule is O=C(N[C@H]1C[C@@H]2C(=O)N[C@@H]3CCN(C(=O)c4cccs4)[C@@H]3C(=O)N2C1)C1CCCCC1. The van der Waals surface area contributed by atoms with Crippen molar-refractivity contribution in [2.75, 3.05) is 13.1 Å². The average molecular weight is 445 g/mol. The highest BCUT2D eigenvalue weighted by molar-refractivity contribution is 7.12. The van der Waals surface area contributed by atoms with E-state index in [0.717, 1.165) is 25.7 Å². The van der Waals surface area contributed by atoms with Gasteiger partial charge in [0.1, 0.15) is 12.1 Å². The number of rotatable bonds is 3. The van der Waals surface area contributed by atoms with Crippen LogP contribution in [0.25, 0.3) is 0 Å². The lowest BCUT2D eigenvalue weighted by atomic mass is 9.88. The van der Waals surface area contributed by atoms with Gasteiger partial charge in [-0.05, 0) is 37.1 Å². The molecule has 9 heteroatoms. The molecule has 4 fully saturated rings. The second-order valence-corrected chi connectivity index (χ2v) is 10.1. The molecular formula is C22H28N4O4S. The summed E-state index contributed by atoms with van der Waals surface area (Å²) in [5, 5.41) is 7.94. The van der Waals surface area contributed by atoms with Gasteiger partial charge < -0.3 is 20.4 Å². The third-order valence-electron chi connectivity index (χ3n) is 7.18. The first-order valence-electron chi connectivity index (χ1n) is 11.3. The van der Waals surface area contributed by atoms with Gasteiger partial charge in [0.05, 0.1) is 10.9 Å². The smallest absolute Gasteiger partial charge is 0.264 e. The quantitative estimate of drug-likeness (QED) is 0.730. The molecule has 31 heavy (non-hydrogen) atoms. The van der Waals surface area contributed by atoms with Crippen LogP contribution < -0.4 is 10.6 Å². The zero-order valence-electron chi connectivity index (χ0n) is 17.4. The minimum absolute atomic E-state index is 0.0387. The van der Waals surface area contributed by atoms with E-state index in [1.54, 1.807) is 15.9 Å². The molecule has 1 aliphatic carbocycles. The van der Waals surface area contributed by atoms with E-state index >= 15 is 0 Å². The number of hydrogen-bond donors (Lipinski definition) is 2. The molecular weight excluding hydrogens is 416 g/mol. The molecule has 0 aromatic carbocycles. The van der Waals surface area contributed by atoms with Crippen LogP contribution in [0, 0.1) is 5.92 Å². The van der Waals surface area contributed by atoms with Gasteiger partial charge in [0.15, 0.2) is 0 Å². The second-order valence-electron chi connectivity index (χ2n) is 9.11. The topological polar surface area (TPSA) is 98.8 Å². The highest BCUT2D eigenvalue weighted by Crippen LogP contribution is 2.31. The Morgan fingerprint density at radius 1 is 1.13 bits per heavy atom. The van der Waals surface area contributed by atoms with Gasteiger partial charge in [-0.15, -0.1) is 11.3 Å². The average Bonchev–Trinajstić information content (AvgIpc) is 3.52. The summed E-state index contributed by atoms with van der Waals surface area (Å²) in [7, 11) is 0. The van der Waals surface area contributed by atoms with E-state index in [-0.39, 0.29) is 41.6 Å². The molecule has 0 spiro atoms. The first-order valence-corrected chi connectivity index (χ1v) is 12.2. The zero-order chi connectivity index (χ0) is 21.5. The number of nitrogens with one attached hydrogen (secondary N) is 2. The summed E-state index contributed by atoms with van der Waals surface area (Å²) in [6.45, 7) is 0.762. The van der Waals surface area contributed by atoms with Gasteiger partial charge >= 0.3 is 0 Å². The molecule has 1 aromatic heterocycles. The maximum atomic E-state index is 13.5. The molecule has 2 N–H and O–H groups in total. The fraction of sp³-hybridized carbons (Fsp3) is 0.636. The number of fused-ring (bicyclic) bond motifs is 2. The van der Waals surface area contributed by atoms with Crippen molar-refractivity contribution in [3.8, 4) is 0 Å². The fourth-order valence-corrected chi connectivity index (χ4v) is 6.26. The zero-order valence-corrected chi connectivity index (χ0v) is 18.2. The summed E-state index contributed by atoms with van der Waals surface area (Å²) in [5.41, 5.74) is 0. The van der Waals surface area contributed by atoms with E-state index in [2.05, 4.69) is 10.6 Å². The minimum atomic E-state index is -0.684. The lowest BCUT2D eigenvalue weighted by Crippen LogP contribution is -2.52. The largest absolute Gasteiger partial charge is 0.351 e. The molecule has 3 aliphatic heterocycles. The molecule has 0 bridgehead atoms. The van der Waals surface area contributed by atoms with Crippen LogP contribution >= 0.6 is 11.3 Å². The van der Waals surface area contributed by atoms with Crippen LogP contribution in [0.4, 0.5) is 0 Å². The van der Waals surface area contributed by atoms with Crippen LogP contribution in [-0.2, 0) is 14.4 Å². The molecule has 4 heterocycles. The Kier molecular flexibility index (Phi) is 5.45. The van der Waals surface area contributed by atoms with Gasteiger partial charge in [0.2, 0.25) is 17.7 Å². The summed E-state index contributed by atoms with van der Waals surface area (Å²) < 4.78 is 0. The molecule has 3 saturated heterocycles. The van der Waals surface area contributed by atoms with Crippen LogP contribution in [0.3, 0.4) is 0 Å². The molecule has 4 amide bonds. The molecule has 8 nitrogen and oxygen atoms in total. The van der Waals surface area contributed by atoms with Gasteiger partial charge in [0.25, 0.3) is 5.91 Å². The number of amides is 4. The lowest BCUT2D eigenvalue weighted by Gasteiger charge is -2.29. The van der Waals surface area contributed by atoms with Crippen LogP contribution in [0.1, 0.15) is 54.6 Å². The van der Waals surface area contributed by atoms with E-state index in [9.17, 15) is 19.2 Å². The second kappa shape index (κ2) is 8.26. The Morgan fingerprint density at radius 3 is 2.68 bits per heavy atom. The van der Waals surface area contributed by atoms with E-state index in [1.807, 2.05) is 11.4 Å². The van der Waals surface area contributed by atoms with Crippen molar-refractivity contribution in [1.82, 2.24) is 20.4 Å². The first kappa shape index (κ1) is 20.5. The molecule has 1 saturated carbocycles. The Bertz CT molecular complexity index is 882. The van der Waals surface area contributed by atoms with E-state index in [4.69, 9.17) is 0 Å². The minimum Gasteiger partial charge on any atom is -0.351 e. The van der Waals surface area contributed by atoms with Crippen molar-refractivity contribution >= 4 is 35.0 Å². The van der Waals surface area contributed by atoms with Gasteiger partial charge in [-0.2, -0.15) is 0 Å². The Hall–Kier alpha value is -2.42. The van der Waals surface area contributed by atoms with Crippen LogP contribution in [-0.4, -0.2) is 70.7 Å². The first-order chi connectivity index (χ1) is 15.0. The lowest BCUT2D eigenvalue weighted by molar-refractivity contribution is -0.138. The Balaban J connectivity index is 1.31. The molecule has 0 radical (unpaired) electrons. The maximum absolute atomic E-state index is 13.5. The number of likely N-dealkylation sites (tertiary alicyclic amines) is 1. The standard InChI is InChI=1S/C22H28N4O4S/c27-19(13-5-2-1-3-6-13)23-14-11-16-20(28)24-15-8-9-25(18(15)22(30)26(16)12-14)21(29)17-7-4-10-31-17/h4,7,10,13-16,18H,1-3,5-6,8-9,11-12H2,(H,23,27)(H,24,28)/t14-,15+,16+,18-/m0/s1. The predicted octanol–water partition coefficient (Wildman–Crippen LogP) is 1.13. The summed E-state index contributed by atoms with van der Waals surface area (Å²) in [4.78, 5) is 55.9. The molecule has 4 aliphatic rings. The van der Waals surface area contributed by atoms with Crippen LogP contribution in [0.5, 0.6) is 0 Å². The van der Waals surface area contributed by atoms with Crippen LogP contribution in [0.2, 0.25) is 0 Å². The van der Waals surface area contributed by atoms with Crippen molar-refractivity contribution in [3.63, 3.8) is 0 Å². The predicted molar refractivity (Wildman–Crippen MR) is 114 cm³/mol. The van der Waals surface area contributed by atoms with Crippen molar-refractivity contribution in [1.29, 1.82) is 0 Å². The Labute approximate surface area is 185 Å². The maximum Gasteiger partial charge on any atom is 0.264 e. The summed E-state index contributed by atoms with van der Waals surface area (Å²) in [5.74, 6) is -0.448. The normalized spacial score (nSPS) is 31.1. The molecule has 4 atom stereocenters. The van der Waals surface area contributed by atoms with E-state index < -0.39 is 12.1 Å². The fourth-order valence-electron chi connectivity index (χ4n) is 5.58. The third-order valence-corrected chi connectivity index (χ3v) is 8.04. The number of carbonyl (C=O) groups is 4. The van der Waals surface area contributed by atoms with Crippen LogP contribution in [0.15, 0.2) is 17.5 Å². The third kappa shape index (κ3) is 3.73. The number of thiophene rings is 1. The Morgan fingerprint density at radius 2 is 1.94 bits per heavy atom. The summed E-state index contributed by atoms with van der Waals surface area (Å²) >= 11 is 1.35. The number of carbonyl (C=O) groups excluding carboxylic acids is 4. The molecule has 5 rings (SSSR count). The van der Waals surface area contributed by atoms with Crippen molar-refractivity contribution in [2.45, 2.75) is 69.1 Å². The number of hydrogen-bond acceptors (Lipinski definition) is 5. The van der Waals surface area contributed by atoms with Crippen molar-refractivity contribution in [2.24, 2.45) is 5.92 Å².